The van der Waals surface area contributed by atoms with Gasteiger partial charge < -0.3 is 11.6 Å². The Kier molecular flexibility index (Phi) is 4.28. The standard InChI is InChI=1S/C8H14ClN5S/c1-3-5-7(9)6(14(2)13-5)4-15-8(10)12-11/h3-4,11H2,1-2H3,(H2,10,12). The maximum atomic E-state index is 6.15. The van der Waals surface area contributed by atoms with Crippen LogP contribution < -0.4 is 11.6 Å². The molecule has 0 spiro atoms. The molecule has 84 valence electrons. The average Bonchev–Trinajstić information content (AvgIpc) is 2.51. The molecule has 0 saturated carbocycles. The summed E-state index contributed by atoms with van der Waals surface area (Å²) in [6.07, 6.45) is 0.817. The summed E-state index contributed by atoms with van der Waals surface area (Å²) < 4.78 is 1.76. The lowest BCUT2D eigenvalue weighted by atomic mass is 10.3. The van der Waals surface area contributed by atoms with Gasteiger partial charge in [-0.05, 0) is 6.42 Å². The predicted octanol–water partition coefficient (Wildman–Crippen LogP) is 1.06. The molecule has 1 aromatic heterocycles. The lowest BCUT2D eigenvalue weighted by molar-refractivity contribution is 0.720. The van der Waals surface area contributed by atoms with Crippen molar-refractivity contribution in [2.75, 3.05) is 0 Å². The number of rotatable bonds is 3. The van der Waals surface area contributed by atoms with E-state index in [-0.39, 0.29) is 0 Å². The van der Waals surface area contributed by atoms with Crippen LogP contribution in [-0.2, 0) is 19.2 Å². The predicted molar refractivity (Wildman–Crippen MR) is 64.7 cm³/mol. The average molecular weight is 248 g/mol. The quantitative estimate of drug-likeness (QED) is 0.362. The van der Waals surface area contributed by atoms with Crippen molar-refractivity contribution in [1.82, 2.24) is 9.78 Å². The van der Waals surface area contributed by atoms with E-state index in [9.17, 15) is 0 Å². The van der Waals surface area contributed by atoms with Crippen molar-refractivity contribution in [1.29, 1.82) is 0 Å². The van der Waals surface area contributed by atoms with Crippen molar-refractivity contribution < 1.29 is 0 Å². The number of nitrogens with two attached hydrogens (primary N) is 2. The molecule has 0 aliphatic heterocycles. The van der Waals surface area contributed by atoms with Crippen LogP contribution in [0.25, 0.3) is 0 Å². The van der Waals surface area contributed by atoms with Gasteiger partial charge in [-0.1, -0.05) is 30.3 Å². The van der Waals surface area contributed by atoms with E-state index < -0.39 is 0 Å². The number of amidine groups is 1. The smallest absolute Gasteiger partial charge is 0.177 e. The molecular formula is C8H14ClN5S. The molecule has 7 heteroatoms. The number of nitrogens with zero attached hydrogens (tertiary/aromatic N) is 3. The molecule has 1 rings (SSSR count). The van der Waals surface area contributed by atoms with E-state index in [1.54, 1.807) is 4.68 Å². The number of hydrazone groups is 1. The van der Waals surface area contributed by atoms with Gasteiger partial charge in [0.25, 0.3) is 0 Å². The number of aromatic nitrogens is 2. The molecule has 1 aromatic rings. The SMILES string of the molecule is CCc1nn(C)c(CSC(N)=NN)c1Cl. The Morgan fingerprint density at radius 3 is 2.80 bits per heavy atom. The van der Waals surface area contributed by atoms with Crippen molar-refractivity contribution in [3.8, 4) is 0 Å². The Bertz CT molecular complexity index is 373. The number of hydrogen-bond donors (Lipinski definition) is 2. The van der Waals surface area contributed by atoms with Gasteiger partial charge in [0.15, 0.2) is 5.17 Å². The fourth-order valence-electron chi connectivity index (χ4n) is 1.16. The van der Waals surface area contributed by atoms with Crippen molar-refractivity contribution in [2.45, 2.75) is 19.1 Å². The van der Waals surface area contributed by atoms with Crippen LogP contribution in [0, 0.1) is 0 Å². The number of thioether (sulfide) groups is 1. The Balaban J connectivity index is 2.81. The minimum Gasteiger partial charge on any atom is -0.377 e. The Morgan fingerprint density at radius 1 is 1.67 bits per heavy atom. The molecule has 0 radical (unpaired) electrons. The molecule has 0 amide bonds. The zero-order chi connectivity index (χ0) is 11.4. The first-order valence-electron chi connectivity index (χ1n) is 4.46. The second-order valence-electron chi connectivity index (χ2n) is 2.94. The highest BCUT2D eigenvalue weighted by Crippen LogP contribution is 2.24. The third-order valence-electron chi connectivity index (χ3n) is 1.99. The molecule has 5 nitrogen and oxygen atoms in total. The first-order valence-corrected chi connectivity index (χ1v) is 5.82. The molecule has 0 aromatic carbocycles. The largest absolute Gasteiger partial charge is 0.377 e. The summed E-state index contributed by atoms with van der Waals surface area (Å²) >= 11 is 7.49. The van der Waals surface area contributed by atoms with Crippen molar-refractivity contribution in [2.24, 2.45) is 23.7 Å². The van der Waals surface area contributed by atoms with Crippen molar-refractivity contribution in [3.05, 3.63) is 16.4 Å². The first-order chi connectivity index (χ1) is 7.10. The highest BCUT2D eigenvalue weighted by atomic mass is 35.5. The molecule has 1 heterocycles. The number of halogens is 1. The lowest BCUT2D eigenvalue weighted by Crippen LogP contribution is -2.10. The van der Waals surface area contributed by atoms with Crippen LogP contribution >= 0.6 is 23.4 Å². The van der Waals surface area contributed by atoms with Gasteiger partial charge in [0.05, 0.1) is 16.4 Å². The van der Waals surface area contributed by atoms with Gasteiger partial charge in [-0.2, -0.15) is 10.2 Å². The molecular weight excluding hydrogens is 234 g/mol. The Morgan fingerprint density at radius 2 is 2.33 bits per heavy atom. The van der Waals surface area contributed by atoms with Crippen LogP contribution in [0.3, 0.4) is 0 Å². The summed E-state index contributed by atoms with van der Waals surface area (Å²) in [5.41, 5.74) is 7.31. The summed E-state index contributed by atoms with van der Waals surface area (Å²) in [7, 11) is 1.86. The van der Waals surface area contributed by atoms with E-state index >= 15 is 0 Å². The Hall–Kier alpha value is -0.880. The normalized spacial score (nSPS) is 12.1. The molecule has 0 aliphatic carbocycles. The van der Waals surface area contributed by atoms with E-state index in [0.717, 1.165) is 17.8 Å². The van der Waals surface area contributed by atoms with Gasteiger partial charge >= 0.3 is 0 Å². The maximum absolute atomic E-state index is 6.15. The van der Waals surface area contributed by atoms with Crippen molar-refractivity contribution >= 4 is 28.5 Å². The minimum absolute atomic E-state index is 0.338. The van der Waals surface area contributed by atoms with Gasteiger partial charge in [-0.3, -0.25) is 4.68 Å². The fraction of sp³-hybridized carbons (Fsp3) is 0.500. The summed E-state index contributed by atoms with van der Waals surface area (Å²) in [4.78, 5) is 0. The van der Waals surface area contributed by atoms with Crippen LogP contribution in [-0.4, -0.2) is 14.9 Å². The fourth-order valence-corrected chi connectivity index (χ4v) is 2.29. The van der Waals surface area contributed by atoms with E-state index in [4.69, 9.17) is 23.2 Å². The van der Waals surface area contributed by atoms with Crippen LogP contribution in [0.2, 0.25) is 5.02 Å². The van der Waals surface area contributed by atoms with E-state index in [1.807, 2.05) is 14.0 Å². The van der Waals surface area contributed by atoms with Crippen molar-refractivity contribution in [3.63, 3.8) is 0 Å². The minimum atomic E-state index is 0.338. The number of aryl methyl sites for hydroxylation is 2. The first kappa shape index (κ1) is 12.2. The monoisotopic (exact) mass is 247 g/mol. The molecule has 0 fully saturated rings. The molecule has 4 N–H and O–H groups in total. The Labute approximate surface area is 97.8 Å². The van der Waals surface area contributed by atoms with Crippen LogP contribution in [0.15, 0.2) is 5.10 Å². The van der Waals surface area contributed by atoms with E-state index in [2.05, 4.69) is 10.2 Å². The lowest BCUT2D eigenvalue weighted by Gasteiger charge is -2.01. The third-order valence-corrected chi connectivity index (χ3v) is 3.24. The molecule has 0 aliphatic rings. The van der Waals surface area contributed by atoms with Crippen LogP contribution in [0.1, 0.15) is 18.3 Å². The summed E-state index contributed by atoms with van der Waals surface area (Å²) in [6.45, 7) is 2.01. The second-order valence-corrected chi connectivity index (χ2v) is 4.31. The molecule has 0 atom stereocenters. The van der Waals surface area contributed by atoms with Gasteiger partial charge in [0, 0.05) is 12.8 Å². The summed E-state index contributed by atoms with van der Waals surface area (Å²) in [5, 5.41) is 8.71. The van der Waals surface area contributed by atoms with Gasteiger partial charge in [-0.15, -0.1) is 0 Å². The van der Waals surface area contributed by atoms with Crippen LogP contribution in [0.5, 0.6) is 0 Å². The third kappa shape index (κ3) is 2.79. The summed E-state index contributed by atoms with van der Waals surface area (Å²) in [5.74, 6) is 5.65. The second kappa shape index (κ2) is 5.27. The van der Waals surface area contributed by atoms with Gasteiger partial charge in [0.2, 0.25) is 0 Å². The van der Waals surface area contributed by atoms with E-state index in [0.29, 0.717) is 15.9 Å². The van der Waals surface area contributed by atoms with Gasteiger partial charge in [0.1, 0.15) is 0 Å². The van der Waals surface area contributed by atoms with Crippen LogP contribution in [0.4, 0.5) is 0 Å². The molecule has 0 bridgehead atoms. The zero-order valence-corrected chi connectivity index (χ0v) is 10.3. The van der Waals surface area contributed by atoms with E-state index in [1.165, 1.54) is 11.8 Å². The highest BCUT2D eigenvalue weighted by molar-refractivity contribution is 8.13. The van der Waals surface area contributed by atoms with Gasteiger partial charge in [-0.25, -0.2) is 0 Å². The molecule has 0 saturated heterocycles. The maximum Gasteiger partial charge on any atom is 0.177 e. The summed E-state index contributed by atoms with van der Waals surface area (Å²) in [6, 6.07) is 0. The topological polar surface area (TPSA) is 82.2 Å². The highest BCUT2D eigenvalue weighted by Gasteiger charge is 2.13. The molecule has 0 unspecified atom stereocenters. The zero-order valence-electron chi connectivity index (χ0n) is 8.70. The molecule has 15 heavy (non-hydrogen) atoms. The number of hydrogen-bond acceptors (Lipinski definition) is 4.